The zero-order chi connectivity index (χ0) is 15.9. The molecule has 0 saturated carbocycles. The van der Waals surface area contributed by atoms with Gasteiger partial charge in [-0.2, -0.15) is 0 Å². The Morgan fingerprint density at radius 3 is 2.14 bits per heavy atom. The first kappa shape index (κ1) is 17.0. The average Bonchev–Trinajstić information content (AvgIpc) is 2.42. The Kier molecular flexibility index (Phi) is 6.17. The molecule has 0 fully saturated rings. The fraction of sp³-hybridized carbons (Fsp3) is 0.0769. The summed E-state index contributed by atoms with van der Waals surface area (Å²) >= 11 is -5.15. The van der Waals surface area contributed by atoms with Crippen LogP contribution in [-0.4, -0.2) is 38.4 Å². The maximum absolute atomic E-state index is 11.0. The van der Waals surface area contributed by atoms with E-state index in [4.69, 9.17) is 8.19 Å². The molecular weight excluding hydrogens is 339 g/mol. The summed E-state index contributed by atoms with van der Waals surface area (Å²) in [6, 6.07) is 9.54. The van der Waals surface area contributed by atoms with Gasteiger partial charge in [0.15, 0.2) is 0 Å². The van der Waals surface area contributed by atoms with Crippen molar-refractivity contribution in [2.75, 3.05) is 5.32 Å². The summed E-state index contributed by atoms with van der Waals surface area (Å²) in [6.45, 7) is 1.23. The third-order valence-electron chi connectivity index (χ3n) is 2.21. The van der Waals surface area contributed by atoms with Crippen LogP contribution in [0, 0.1) is 0 Å². The van der Waals surface area contributed by atoms with E-state index in [9.17, 15) is 13.6 Å². The van der Waals surface area contributed by atoms with E-state index in [0.29, 0.717) is 0 Å². The van der Waals surface area contributed by atoms with Gasteiger partial charge in [-0.15, -0.1) is 0 Å². The zero-order valence-corrected chi connectivity index (χ0v) is 13.0. The minimum Gasteiger partial charge on any atom is -0.265 e. The molecule has 7 nitrogen and oxygen atoms in total. The van der Waals surface area contributed by atoms with E-state index in [0.717, 1.165) is 6.07 Å². The molecule has 0 radical (unpaired) electrons. The summed E-state index contributed by atoms with van der Waals surface area (Å²) in [7, 11) is 0. The van der Waals surface area contributed by atoms with E-state index < -0.39 is 30.2 Å². The molecule has 1 aromatic carbocycles. The number of anilines is 1. The molecule has 21 heavy (non-hydrogen) atoms. The number of phenolic OH excluding ortho intramolecular Hbond substituents is 1. The van der Waals surface area contributed by atoms with Crippen molar-refractivity contribution >= 4 is 30.1 Å². The van der Waals surface area contributed by atoms with Crippen LogP contribution in [0.2, 0.25) is 0 Å². The number of carbonyl (C=O) groups excluding carboxylic acids is 1. The van der Waals surface area contributed by atoms with Gasteiger partial charge in [-0.1, -0.05) is 6.07 Å². The van der Waals surface area contributed by atoms with Gasteiger partial charge in [0.1, 0.15) is 0 Å². The number of aromatic nitrogens is 1. The molecule has 0 spiro atoms. The van der Waals surface area contributed by atoms with Gasteiger partial charge in [0, 0.05) is 12.4 Å². The van der Waals surface area contributed by atoms with Gasteiger partial charge in [0.25, 0.3) is 0 Å². The van der Waals surface area contributed by atoms with Crippen molar-refractivity contribution in [1.29, 1.82) is 0 Å². The monoisotopic (exact) mass is 354 g/mol. The number of para-hydroxylation sites is 1. The van der Waals surface area contributed by atoms with Crippen molar-refractivity contribution in [1.82, 2.24) is 4.98 Å². The fourth-order valence-electron chi connectivity index (χ4n) is 1.37. The molecule has 4 N–H and O–H groups in total. The summed E-state index contributed by atoms with van der Waals surface area (Å²) in [5.74, 6) is -1.01. The minimum absolute atomic E-state index is 0.00951. The smallest absolute Gasteiger partial charge is 0.0267 e. The van der Waals surface area contributed by atoms with Crippen molar-refractivity contribution in [3.63, 3.8) is 0 Å². The number of phenols is 1. The molecule has 0 aliphatic rings. The van der Waals surface area contributed by atoms with Gasteiger partial charge < -0.3 is 0 Å². The molecule has 0 aliphatic heterocycles. The van der Waals surface area contributed by atoms with E-state index >= 15 is 0 Å². The Bertz CT molecular complexity index is 616. The van der Waals surface area contributed by atoms with E-state index in [1.165, 1.54) is 19.1 Å². The van der Waals surface area contributed by atoms with Crippen LogP contribution in [0.3, 0.4) is 0 Å². The van der Waals surface area contributed by atoms with Crippen LogP contribution in [0.1, 0.15) is 6.92 Å². The number of carbonyl (C=O) groups is 1. The molecule has 0 unspecified atom stereocenters. The summed E-state index contributed by atoms with van der Waals surface area (Å²) in [5, 5.41) is 11.7. The molecule has 8 heteroatoms. The Hall–Kier alpha value is -2.08. The van der Waals surface area contributed by atoms with Crippen LogP contribution in [-0.2, 0) is 8.53 Å². The number of hydrogen-bond donors (Lipinski definition) is 4. The first-order valence-electron chi connectivity index (χ1n) is 5.83. The number of nitrogens with one attached hydrogen (secondary N) is 1. The van der Waals surface area contributed by atoms with Crippen molar-refractivity contribution in [2.45, 2.75) is 6.92 Å². The molecule has 2 aromatic rings. The van der Waals surface area contributed by atoms with Gasteiger partial charge in [0.05, 0.1) is 0 Å². The van der Waals surface area contributed by atoms with Crippen LogP contribution in [0.4, 0.5) is 5.69 Å². The molecule has 0 saturated heterocycles. The second kappa shape index (κ2) is 7.63. The fourth-order valence-corrected chi connectivity index (χ4v) is 2.79. The maximum Gasteiger partial charge on any atom is 0.0267 e. The van der Waals surface area contributed by atoms with Gasteiger partial charge in [-0.25, -0.2) is 0 Å². The number of amides is 1. The van der Waals surface area contributed by atoms with Gasteiger partial charge in [-0.05, 0) is 12.1 Å². The van der Waals surface area contributed by atoms with Crippen molar-refractivity contribution < 1.29 is 21.8 Å². The van der Waals surface area contributed by atoms with Crippen LogP contribution < -0.4 is 9.67 Å². The van der Waals surface area contributed by atoms with Gasteiger partial charge >= 0.3 is 88.1 Å². The SMILES string of the molecule is CC(=O)Nc1cccc([As](=O)(O)O)c1O.c1ccncc1. The molecule has 0 atom stereocenters. The van der Waals surface area contributed by atoms with Crippen LogP contribution in [0.5, 0.6) is 5.75 Å². The average molecular weight is 354 g/mol. The third kappa shape index (κ3) is 5.83. The molecule has 1 heterocycles. The van der Waals surface area contributed by atoms with E-state index in [1.54, 1.807) is 12.4 Å². The maximum atomic E-state index is 11.0. The zero-order valence-electron chi connectivity index (χ0n) is 11.2. The summed E-state index contributed by atoms with van der Waals surface area (Å²) in [4.78, 5) is 14.5. The first-order chi connectivity index (χ1) is 9.82. The Morgan fingerprint density at radius 2 is 1.76 bits per heavy atom. The minimum atomic E-state index is -5.15. The molecule has 1 amide bonds. The predicted octanol–water partition coefficient (Wildman–Crippen LogP) is -0.00680. The first-order valence-corrected chi connectivity index (χ1v) is 9.21. The quantitative estimate of drug-likeness (QED) is 0.445. The standard InChI is InChI=1S/C8H10AsNO5.C5H5N/c1-5(11)10-7-4-2-3-6(8(7)12)9(13,14)15;1-2-4-6-5-3-1/h2-4,12H,1H3,(H,10,11)(H2,13,14,15);1-5H. The van der Waals surface area contributed by atoms with E-state index in [-0.39, 0.29) is 5.69 Å². The summed E-state index contributed by atoms with van der Waals surface area (Å²) in [6.07, 6.45) is 3.50. The predicted molar refractivity (Wildman–Crippen MR) is 77.2 cm³/mol. The largest absolute Gasteiger partial charge is 0.265 e. The molecule has 0 bridgehead atoms. The number of pyridine rings is 1. The van der Waals surface area contributed by atoms with E-state index in [2.05, 4.69) is 10.3 Å². The Balaban J connectivity index is 0.000000304. The second-order valence-electron chi connectivity index (χ2n) is 3.92. The molecular formula is C13H15AsN2O5. The Labute approximate surface area is 124 Å². The second-order valence-corrected chi connectivity index (χ2v) is 7.22. The summed E-state index contributed by atoms with van der Waals surface area (Å²) < 4.78 is 28.4. The molecule has 0 aliphatic carbocycles. The topological polar surface area (TPSA) is 120 Å². The molecule has 1 aromatic heterocycles. The van der Waals surface area contributed by atoms with Gasteiger partial charge in [-0.3, -0.25) is 4.98 Å². The number of nitrogens with zero attached hydrogens (tertiary/aromatic N) is 1. The number of hydrogen-bond acceptors (Lipinski definition) is 4. The number of rotatable bonds is 2. The number of aromatic hydroxyl groups is 1. The van der Waals surface area contributed by atoms with Crippen LogP contribution >= 0.6 is 0 Å². The van der Waals surface area contributed by atoms with Crippen molar-refractivity contribution in [3.05, 3.63) is 48.8 Å². The van der Waals surface area contributed by atoms with Gasteiger partial charge in [0.2, 0.25) is 0 Å². The molecule has 112 valence electrons. The van der Waals surface area contributed by atoms with E-state index in [1.807, 2.05) is 18.2 Å². The summed E-state index contributed by atoms with van der Waals surface area (Å²) in [5.41, 5.74) is -0.00951. The van der Waals surface area contributed by atoms with Crippen molar-refractivity contribution in [3.8, 4) is 5.75 Å². The van der Waals surface area contributed by atoms with Crippen LogP contribution in [0.25, 0.3) is 0 Å². The van der Waals surface area contributed by atoms with Crippen molar-refractivity contribution in [2.24, 2.45) is 0 Å². The number of benzene rings is 1. The van der Waals surface area contributed by atoms with Crippen LogP contribution in [0.15, 0.2) is 48.8 Å². The molecule has 2 rings (SSSR count). The normalized spacial score (nSPS) is 10.2. The third-order valence-corrected chi connectivity index (χ3v) is 4.28. The Morgan fingerprint density at radius 1 is 1.14 bits per heavy atom.